The van der Waals surface area contributed by atoms with E-state index in [2.05, 4.69) is 4.74 Å². The summed E-state index contributed by atoms with van der Waals surface area (Å²) in [5.74, 6) is 1.13. The van der Waals surface area contributed by atoms with Gasteiger partial charge in [-0.3, -0.25) is 0 Å². The van der Waals surface area contributed by atoms with Crippen LogP contribution in [-0.2, 0) is 14.3 Å². The molecule has 0 spiro atoms. The summed E-state index contributed by atoms with van der Waals surface area (Å²) in [6.45, 7) is 0.889. The number of methoxy groups -OCH3 is 3. The van der Waals surface area contributed by atoms with Gasteiger partial charge in [0.1, 0.15) is 13.2 Å². The van der Waals surface area contributed by atoms with E-state index < -0.39 is 11.9 Å². The van der Waals surface area contributed by atoms with Crippen LogP contribution in [0.1, 0.15) is 11.1 Å². The van der Waals surface area contributed by atoms with Gasteiger partial charge in [-0.15, -0.1) is 0 Å². The molecule has 0 fully saturated rings. The van der Waals surface area contributed by atoms with Crippen LogP contribution in [-0.4, -0.2) is 46.5 Å². The molecule has 162 valence electrons. The Morgan fingerprint density at radius 1 is 0.806 bits per heavy atom. The fraction of sp³-hybridized carbons (Fsp3) is 0.217. The smallest absolute Gasteiger partial charge is 0.336 e. The first-order valence-electron chi connectivity index (χ1n) is 9.35. The van der Waals surface area contributed by atoms with Crippen molar-refractivity contribution < 1.29 is 38.0 Å². The zero-order valence-corrected chi connectivity index (χ0v) is 17.4. The van der Waals surface area contributed by atoms with Crippen molar-refractivity contribution in [3.8, 4) is 28.7 Å². The molecule has 0 N–H and O–H groups in total. The molecule has 1 aliphatic heterocycles. The first kappa shape index (κ1) is 21.8. The summed E-state index contributed by atoms with van der Waals surface area (Å²) >= 11 is 0. The maximum absolute atomic E-state index is 12.3. The Hall–Kier alpha value is -3.94. The molecule has 0 amide bonds. The van der Waals surface area contributed by atoms with Crippen LogP contribution in [0, 0.1) is 0 Å². The normalized spacial score (nSPS) is 12.6. The van der Waals surface area contributed by atoms with Gasteiger partial charge in [-0.1, -0.05) is 6.07 Å². The molecule has 0 aliphatic carbocycles. The van der Waals surface area contributed by atoms with Crippen LogP contribution in [0.25, 0.3) is 12.2 Å². The zero-order valence-electron chi connectivity index (χ0n) is 17.4. The van der Waals surface area contributed by atoms with Crippen molar-refractivity contribution in [2.24, 2.45) is 0 Å². The van der Waals surface area contributed by atoms with Gasteiger partial charge in [0.05, 0.1) is 21.3 Å². The molecule has 1 heterocycles. The molecule has 0 atom stereocenters. The fourth-order valence-corrected chi connectivity index (χ4v) is 2.80. The SMILES string of the molecule is COC(=O)/C=C/c1ccc(OC(=O)/C=C/c2cc(OC)c3c(c2)OCCO3)c(OC)c1. The number of benzene rings is 2. The lowest BCUT2D eigenvalue weighted by Crippen LogP contribution is -2.16. The minimum atomic E-state index is -0.593. The Balaban J connectivity index is 1.72. The molecule has 2 aromatic rings. The number of hydrogen-bond donors (Lipinski definition) is 0. The van der Waals surface area contributed by atoms with Crippen LogP contribution < -0.4 is 23.7 Å². The van der Waals surface area contributed by atoms with E-state index in [0.29, 0.717) is 47.3 Å². The predicted molar refractivity (Wildman–Crippen MR) is 113 cm³/mol. The van der Waals surface area contributed by atoms with E-state index in [1.54, 1.807) is 42.5 Å². The van der Waals surface area contributed by atoms with Gasteiger partial charge in [-0.05, 0) is 47.5 Å². The minimum Gasteiger partial charge on any atom is -0.493 e. The lowest BCUT2D eigenvalue weighted by atomic mass is 10.1. The molecule has 31 heavy (non-hydrogen) atoms. The number of carbonyl (C=O) groups excluding carboxylic acids is 2. The van der Waals surface area contributed by atoms with Crippen LogP contribution in [0.3, 0.4) is 0 Å². The summed E-state index contributed by atoms with van der Waals surface area (Å²) < 4.78 is 31.7. The number of ether oxygens (including phenoxy) is 6. The van der Waals surface area contributed by atoms with Crippen LogP contribution in [0.15, 0.2) is 42.5 Å². The third kappa shape index (κ3) is 5.57. The van der Waals surface area contributed by atoms with Crippen molar-refractivity contribution in [3.05, 3.63) is 53.6 Å². The van der Waals surface area contributed by atoms with E-state index in [0.717, 1.165) is 0 Å². The van der Waals surface area contributed by atoms with Gasteiger partial charge in [0.15, 0.2) is 23.0 Å². The molecule has 0 bridgehead atoms. The Morgan fingerprint density at radius 2 is 1.48 bits per heavy atom. The second kappa shape index (κ2) is 10.2. The summed E-state index contributed by atoms with van der Waals surface area (Å²) in [4.78, 5) is 23.5. The standard InChI is InChI=1S/C23H22O8/c1-26-18-12-15(5-8-21(24)28-3)4-7-17(18)31-22(25)9-6-16-13-19(27-2)23-20(14-16)29-10-11-30-23/h4-9,12-14H,10-11H2,1-3H3/b8-5+,9-6+. The summed E-state index contributed by atoms with van der Waals surface area (Å²) in [5, 5.41) is 0. The van der Waals surface area contributed by atoms with Crippen molar-refractivity contribution in [1.82, 2.24) is 0 Å². The molecule has 8 nitrogen and oxygen atoms in total. The van der Waals surface area contributed by atoms with Gasteiger partial charge in [0.2, 0.25) is 5.75 Å². The molecular formula is C23H22O8. The number of carbonyl (C=O) groups is 2. The van der Waals surface area contributed by atoms with E-state index in [-0.39, 0.29) is 5.75 Å². The summed E-state index contributed by atoms with van der Waals surface area (Å²) in [7, 11) is 4.29. The minimum absolute atomic E-state index is 0.243. The number of fused-ring (bicyclic) bond motifs is 1. The maximum atomic E-state index is 12.3. The fourth-order valence-electron chi connectivity index (χ4n) is 2.80. The monoisotopic (exact) mass is 426 g/mol. The van der Waals surface area contributed by atoms with E-state index in [4.69, 9.17) is 23.7 Å². The lowest BCUT2D eigenvalue weighted by molar-refractivity contribution is -0.134. The molecule has 0 saturated heterocycles. The quantitative estimate of drug-likeness (QED) is 0.379. The van der Waals surface area contributed by atoms with E-state index in [1.807, 2.05) is 0 Å². The van der Waals surface area contributed by atoms with Gasteiger partial charge in [-0.25, -0.2) is 9.59 Å². The molecular weight excluding hydrogens is 404 g/mol. The lowest BCUT2D eigenvalue weighted by Gasteiger charge is -2.20. The Kier molecular flexibility index (Phi) is 7.16. The van der Waals surface area contributed by atoms with Gasteiger partial charge in [0, 0.05) is 12.2 Å². The highest BCUT2D eigenvalue weighted by molar-refractivity contribution is 5.90. The summed E-state index contributed by atoms with van der Waals surface area (Å²) in [6.07, 6.45) is 5.72. The molecule has 0 aromatic heterocycles. The molecule has 1 aliphatic rings. The van der Waals surface area contributed by atoms with Crippen molar-refractivity contribution in [3.63, 3.8) is 0 Å². The average Bonchev–Trinajstić information content (AvgIpc) is 2.81. The number of rotatable bonds is 7. The zero-order chi connectivity index (χ0) is 22.2. The summed E-state index contributed by atoms with van der Waals surface area (Å²) in [6, 6.07) is 8.39. The maximum Gasteiger partial charge on any atom is 0.336 e. The number of hydrogen-bond acceptors (Lipinski definition) is 8. The highest BCUT2D eigenvalue weighted by atomic mass is 16.6. The van der Waals surface area contributed by atoms with Crippen molar-refractivity contribution in [2.45, 2.75) is 0 Å². The highest BCUT2D eigenvalue weighted by Crippen LogP contribution is 2.40. The Labute approximate surface area is 179 Å². The molecule has 0 saturated carbocycles. The van der Waals surface area contributed by atoms with Crippen molar-refractivity contribution in [1.29, 1.82) is 0 Å². The largest absolute Gasteiger partial charge is 0.493 e. The summed E-state index contributed by atoms with van der Waals surface area (Å²) in [5.41, 5.74) is 1.37. The Bertz CT molecular complexity index is 1010. The van der Waals surface area contributed by atoms with Crippen LogP contribution in [0.5, 0.6) is 28.7 Å². The van der Waals surface area contributed by atoms with Crippen LogP contribution in [0.2, 0.25) is 0 Å². The first-order chi connectivity index (χ1) is 15.0. The van der Waals surface area contributed by atoms with Crippen molar-refractivity contribution in [2.75, 3.05) is 34.5 Å². The molecule has 3 rings (SSSR count). The average molecular weight is 426 g/mol. The second-order valence-electron chi connectivity index (χ2n) is 6.27. The molecule has 8 heteroatoms. The van der Waals surface area contributed by atoms with E-state index in [9.17, 15) is 9.59 Å². The van der Waals surface area contributed by atoms with E-state index >= 15 is 0 Å². The highest BCUT2D eigenvalue weighted by Gasteiger charge is 2.18. The van der Waals surface area contributed by atoms with Gasteiger partial charge < -0.3 is 28.4 Å². The van der Waals surface area contributed by atoms with Gasteiger partial charge in [-0.2, -0.15) is 0 Å². The van der Waals surface area contributed by atoms with Crippen LogP contribution >= 0.6 is 0 Å². The third-order valence-electron chi connectivity index (χ3n) is 4.27. The topological polar surface area (TPSA) is 89.5 Å². The van der Waals surface area contributed by atoms with Crippen LogP contribution in [0.4, 0.5) is 0 Å². The van der Waals surface area contributed by atoms with Gasteiger partial charge in [0.25, 0.3) is 0 Å². The van der Waals surface area contributed by atoms with Crippen molar-refractivity contribution >= 4 is 24.1 Å². The molecule has 0 unspecified atom stereocenters. The molecule has 2 aromatic carbocycles. The third-order valence-corrected chi connectivity index (χ3v) is 4.27. The number of esters is 2. The first-order valence-corrected chi connectivity index (χ1v) is 9.35. The Morgan fingerprint density at radius 3 is 2.23 bits per heavy atom. The second-order valence-corrected chi connectivity index (χ2v) is 6.27. The predicted octanol–water partition coefficient (Wildman–Crippen LogP) is 3.28. The van der Waals surface area contributed by atoms with E-state index in [1.165, 1.54) is 33.5 Å². The molecule has 0 radical (unpaired) electrons. The van der Waals surface area contributed by atoms with Gasteiger partial charge >= 0.3 is 11.9 Å².